The number of nitrogens with zero attached hydrogens (tertiary/aromatic N) is 1. The largest absolute Gasteiger partial charge is 0.452 e. The van der Waals surface area contributed by atoms with E-state index in [1.54, 1.807) is 0 Å². The van der Waals surface area contributed by atoms with Crippen molar-refractivity contribution >= 4 is 39.2 Å². The number of halogens is 1. The number of amides is 1. The Morgan fingerprint density at radius 1 is 0.906 bits per heavy atom. The molecule has 0 spiro atoms. The lowest BCUT2D eigenvalue weighted by atomic mass is 10.0. The van der Waals surface area contributed by atoms with Crippen LogP contribution in [0.15, 0.2) is 88.9 Å². The van der Waals surface area contributed by atoms with Gasteiger partial charge in [-0.3, -0.25) is 4.79 Å². The average Bonchev–Trinajstić information content (AvgIpc) is 2.78. The molecule has 0 bridgehead atoms. The van der Waals surface area contributed by atoms with Crippen LogP contribution in [0.5, 0.6) is 0 Å². The molecule has 0 aliphatic rings. The van der Waals surface area contributed by atoms with Crippen LogP contribution in [0.2, 0.25) is 5.02 Å². The van der Waals surface area contributed by atoms with Crippen molar-refractivity contribution in [3.63, 3.8) is 0 Å². The van der Waals surface area contributed by atoms with Crippen molar-refractivity contribution in [2.45, 2.75) is 4.90 Å². The molecule has 0 aliphatic carbocycles. The normalized spacial score (nSPS) is 10.8. The summed E-state index contributed by atoms with van der Waals surface area (Å²) in [6.07, 6.45) is 0. The number of primary sulfonamides is 1. The zero-order chi connectivity index (χ0) is 23.1. The molecule has 0 unspecified atom stereocenters. The van der Waals surface area contributed by atoms with Crippen LogP contribution in [-0.2, 0) is 19.6 Å². The molecule has 3 aromatic rings. The minimum absolute atomic E-state index is 0.121. The molecule has 0 atom stereocenters. The molecule has 0 saturated heterocycles. The molecule has 0 aliphatic heterocycles. The van der Waals surface area contributed by atoms with E-state index in [9.17, 15) is 18.0 Å². The number of hydrogen-bond donors (Lipinski definition) is 2. The van der Waals surface area contributed by atoms with E-state index in [4.69, 9.17) is 21.5 Å². The summed E-state index contributed by atoms with van der Waals surface area (Å²) in [7, 11) is -4.13. The molecule has 10 heteroatoms. The van der Waals surface area contributed by atoms with E-state index in [1.807, 2.05) is 60.7 Å². The Hall–Kier alpha value is -3.53. The van der Waals surface area contributed by atoms with Gasteiger partial charge in [-0.2, -0.15) is 5.10 Å². The number of ether oxygens (including phenoxy) is 1. The molecule has 0 aromatic heterocycles. The molecule has 8 nitrogen and oxygen atoms in total. The second-order valence-corrected chi connectivity index (χ2v) is 8.43. The third-order valence-corrected chi connectivity index (χ3v) is 5.59. The Bertz CT molecular complexity index is 1220. The fourth-order valence-corrected chi connectivity index (χ4v) is 3.77. The van der Waals surface area contributed by atoms with Crippen molar-refractivity contribution in [3.8, 4) is 0 Å². The number of nitrogens with two attached hydrogens (primary N) is 1. The first-order chi connectivity index (χ1) is 15.3. The number of benzene rings is 3. The van der Waals surface area contributed by atoms with Crippen molar-refractivity contribution in [1.82, 2.24) is 5.43 Å². The molecular formula is C22H18ClN3O5S. The van der Waals surface area contributed by atoms with Crippen LogP contribution >= 0.6 is 11.6 Å². The lowest BCUT2D eigenvalue weighted by Crippen LogP contribution is -2.26. The van der Waals surface area contributed by atoms with Crippen LogP contribution < -0.4 is 10.6 Å². The highest BCUT2D eigenvalue weighted by molar-refractivity contribution is 7.89. The highest BCUT2D eigenvalue weighted by Crippen LogP contribution is 2.21. The summed E-state index contributed by atoms with van der Waals surface area (Å²) >= 11 is 5.79. The van der Waals surface area contributed by atoms with Gasteiger partial charge in [0.2, 0.25) is 10.0 Å². The first kappa shape index (κ1) is 23.1. The molecule has 3 N–H and O–H groups in total. The molecule has 32 heavy (non-hydrogen) atoms. The standard InChI is InChI=1S/C22H18ClN3O5S/c23-18-12-11-17(13-19(18)32(24,29)30)22(28)31-14-20(27)25-26-21(15-7-3-1-4-8-15)16-9-5-2-6-10-16/h1-13H,14H2,(H,25,27)(H2,24,29,30). The minimum atomic E-state index is -4.13. The summed E-state index contributed by atoms with van der Waals surface area (Å²) in [4.78, 5) is 24.0. The zero-order valence-corrected chi connectivity index (χ0v) is 18.1. The van der Waals surface area contributed by atoms with Gasteiger partial charge in [0.25, 0.3) is 5.91 Å². The van der Waals surface area contributed by atoms with E-state index < -0.39 is 33.4 Å². The monoisotopic (exact) mass is 471 g/mol. The van der Waals surface area contributed by atoms with E-state index in [0.29, 0.717) is 5.71 Å². The van der Waals surface area contributed by atoms with E-state index in [2.05, 4.69) is 10.5 Å². The van der Waals surface area contributed by atoms with E-state index in [1.165, 1.54) is 12.1 Å². The molecule has 0 radical (unpaired) electrons. The molecule has 0 heterocycles. The summed E-state index contributed by atoms with van der Waals surface area (Å²) in [5.41, 5.74) is 4.34. The summed E-state index contributed by atoms with van der Waals surface area (Å²) in [5, 5.41) is 9.12. The lowest BCUT2D eigenvalue weighted by molar-refractivity contribution is -0.124. The van der Waals surface area contributed by atoms with Gasteiger partial charge in [-0.05, 0) is 18.2 Å². The first-order valence-corrected chi connectivity index (χ1v) is 11.1. The molecule has 3 aromatic carbocycles. The van der Waals surface area contributed by atoms with Gasteiger partial charge in [0.05, 0.1) is 16.3 Å². The number of hydrogen-bond acceptors (Lipinski definition) is 6. The highest BCUT2D eigenvalue weighted by Gasteiger charge is 2.18. The molecule has 0 fully saturated rings. The maximum Gasteiger partial charge on any atom is 0.338 e. The SMILES string of the molecule is NS(=O)(=O)c1cc(C(=O)OCC(=O)NN=C(c2ccccc2)c2ccccc2)ccc1Cl. The van der Waals surface area contributed by atoms with Gasteiger partial charge >= 0.3 is 5.97 Å². The minimum Gasteiger partial charge on any atom is -0.452 e. The van der Waals surface area contributed by atoms with Gasteiger partial charge in [0.1, 0.15) is 4.90 Å². The van der Waals surface area contributed by atoms with Crippen molar-refractivity contribution in [3.05, 3.63) is 101 Å². The number of hydrazone groups is 1. The van der Waals surface area contributed by atoms with Crippen molar-refractivity contribution in [1.29, 1.82) is 0 Å². The number of esters is 1. The fourth-order valence-electron chi connectivity index (χ4n) is 2.70. The second kappa shape index (κ2) is 10.2. The molecule has 1 amide bonds. The predicted octanol–water partition coefficient (Wildman–Crippen LogP) is 2.71. The van der Waals surface area contributed by atoms with Crippen molar-refractivity contribution in [2.75, 3.05) is 6.61 Å². The van der Waals surface area contributed by atoms with E-state index in [0.717, 1.165) is 17.2 Å². The van der Waals surface area contributed by atoms with Crippen LogP contribution in [0.3, 0.4) is 0 Å². The van der Waals surface area contributed by atoms with Crippen molar-refractivity contribution < 1.29 is 22.7 Å². The molecule has 0 saturated carbocycles. The summed E-state index contributed by atoms with van der Waals surface area (Å²) < 4.78 is 28.0. The van der Waals surface area contributed by atoms with Crippen LogP contribution in [0.4, 0.5) is 0 Å². The molecular weight excluding hydrogens is 454 g/mol. The predicted molar refractivity (Wildman–Crippen MR) is 120 cm³/mol. The summed E-state index contributed by atoms with van der Waals surface area (Å²) in [6, 6.07) is 22.0. The lowest BCUT2D eigenvalue weighted by Gasteiger charge is -2.09. The maximum atomic E-state index is 12.2. The number of carbonyl (C=O) groups is 2. The van der Waals surface area contributed by atoms with Crippen LogP contribution in [-0.4, -0.2) is 32.6 Å². The third kappa shape index (κ3) is 6.01. The van der Waals surface area contributed by atoms with E-state index >= 15 is 0 Å². The maximum absolute atomic E-state index is 12.2. The van der Waals surface area contributed by atoms with Gasteiger partial charge in [-0.15, -0.1) is 0 Å². The van der Waals surface area contributed by atoms with Gasteiger partial charge in [0.15, 0.2) is 6.61 Å². The Labute approximate surface area is 189 Å². The smallest absolute Gasteiger partial charge is 0.338 e. The first-order valence-electron chi connectivity index (χ1n) is 9.22. The summed E-state index contributed by atoms with van der Waals surface area (Å²) in [6.45, 7) is -0.632. The van der Waals surface area contributed by atoms with Gasteiger partial charge in [-0.25, -0.2) is 23.8 Å². The average molecular weight is 472 g/mol. The zero-order valence-electron chi connectivity index (χ0n) is 16.6. The third-order valence-electron chi connectivity index (χ3n) is 4.19. The Kier molecular flexibility index (Phi) is 7.37. The topological polar surface area (TPSA) is 128 Å². The molecule has 164 valence electrons. The molecule has 3 rings (SSSR count). The second-order valence-electron chi connectivity index (χ2n) is 6.49. The van der Waals surface area contributed by atoms with Gasteiger partial charge < -0.3 is 4.74 Å². The van der Waals surface area contributed by atoms with Crippen LogP contribution in [0.1, 0.15) is 21.5 Å². The Morgan fingerprint density at radius 2 is 1.47 bits per heavy atom. The summed E-state index contributed by atoms with van der Waals surface area (Å²) in [5.74, 6) is -1.60. The fraction of sp³-hybridized carbons (Fsp3) is 0.0455. The quantitative estimate of drug-likeness (QED) is 0.311. The van der Waals surface area contributed by atoms with Gasteiger partial charge in [-0.1, -0.05) is 72.3 Å². The Morgan fingerprint density at radius 3 is 2.00 bits per heavy atom. The van der Waals surface area contributed by atoms with Crippen LogP contribution in [0.25, 0.3) is 0 Å². The van der Waals surface area contributed by atoms with E-state index in [-0.39, 0.29) is 10.6 Å². The van der Waals surface area contributed by atoms with Crippen LogP contribution in [0, 0.1) is 0 Å². The highest BCUT2D eigenvalue weighted by atomic mass is 35.5. The van der Waals surface area contributed by atoms with Crippen molar-refractivity contribution in [2.24, 2.45) is 10.2 Å². The Balaban J connectivity index is 1.70. The number of carbonyl (C=O) groups excluding carboxylic acids is 2. The number of nitrogens with one attached hydrogen (secondary N) is 1. The number of rotatable bonds is 7. The van der Waals surface area contributed by atoms with Gasteiger partial charge in [0, 0.05) is 11.1 Å². The number of sulfonamides is 1.